The Morgan fingerprint density at radius 3 is 2.50 bits per heavy atom. The Bertz CT molecular complexity index is 407. The summed E-state index contributed by atoms with van der Waals surface area (Å²) in [5.41, 5.74) is 0.600. The summed E-state index contributed by atoms with van der Waals surface area (Å²) in [5.74, 6) is -1.13. The number of rotatable bonds is 5. The largest absolute Gasteiger partial charge is 0.477 e. The van der Waals surface area contributed by atoms with Gasteiger partial charge in [0.05, 0.1) is 0 Å². The molecule has 0 spiro atoms. The van der Waals surface area contributed by atoms with E-state index < -0.39 is 5.97 Å². The SMILES string of the molecule is CC(=O)c1cc(C(=O)O)n(CCN(C)C)c1. The molecule has 0 saturated heterocycles. The van der Waals surface area contributed by atoms with Gasteiger partial charge in [0.1, 0.15) is 5.69 Å². The molecule has 0 aliphatic carbocycles. The molecule has 16 heavy (non-hydrogen) atoms. The molecule has 0 radical (unpaired) electrons. The highest BCUT2D eigenvalue weighted by Gasteiger charge is 2.14. The Kier molecular flexibility index (Phi) is 3.84. The third-order valence-electron chi connectivity index (χ3n) is 2.31. The molecule has 0 bridgehead atoms. The summed E-state index contributed by atoms with van der Waals surface area (Å²) in [6.45, 7) is 2.71. The first-order valence-corrected chi connectivity index (χ1v) is 5.01. The lowest BCUT2D eigenvalue weighted by Crippen LogP contribution is -2.20. The van der Waals surface area contributed by atoms with Crippen LogP contribution in [0.3, 0.4) is 0 Å². The molecular weight excluding hydrogens is 208 g/mol. The van der Waals surface area contributed by atoms with Crippen molar-refractivity contribution < 1.29 is 14.7 Å². The van der Waals surface area contributed by atoms with Crippen molar-refractivity contribution in [3.05, 3.63) is 23.5 Å². The lowest BCUT2D eigenvalue weighted by Gasteiger charge is -2.11. The maximum atomic E-state index is 11.2. The van der Waals surface area contributed by atoms with Crippen molar-refractivity contribution in [2.24, 2.45) is 0 Å². The molecule has 1 rings (SSSR count). The number of Topliss-reactive ketones (excluding diaryl/α,β-unsaturated/α-hetero) is 1. The average molecular weight is 224 g/mol. The minimum atomic E-state index is -1.01. The van der Waals surface area contributed by atoms with Crippen LogP contribution < -0.4 is 0 Å². The Morgan fingerprint density at radius 2 is 2.06 bits per heavy atom. The zero-order valence-corrected chi connectivity index (χ0v) is 9.73. The first-order valence-electron chi connectivity index (χ1n) is 5.01. The fourth-order valence-corrected chi connectivity index (χ4v) is 1.37. The van der Waals surface area contributed by atoms with E-state index >= 15 is 0 Å². The van der Waals surface area contributed by atoms with E-state index in [4.69, 9.17) is 5.11 Å². The predicted octanol–water partition coefficient (Wildman–Crippen LogP) is 0.951. The number of nitrogens with zero attached hydrogens (tertiary/aromatic N) is 2. The lowest BCUT2D eigenvalue weighted by atomic mass is 10.2. The van der Waals surface area contributed by atoms with Crippen LogP contribution in [0.25, 0.3) is 0 Å². The van der Waals surface area contributed by atoms with Crippen molar-refractivity contribution in [3.63, 3.8) is 0 Å². The molecule has 0 saturated carbocycles. The van der Waals surface area contributed by atoms with Crippen LogP contribution in [-0.4, -0.2) is 47.0 Å². The van der Waals surface area contributed by atoms with Crippen LogP contribution in [0.15, 0.2) is 12.3 Å². The Morgan fingerprint density at radius 1 is 1.44 bits per heavy atom. The monoisotopic (exact) mass is 224 g/mol. The molecule has 88 valence electrons. The third kappa shape index (κ3) is 2.93. The van der Waals surface area contributed by atoms with Gasteiger partial charge in [-0.3, -0.25) is 4.79 Å². The van der Waals surface area contributed by atoms with Crippen LogP contribution in [0.1, 0.15) is 27.8 Å². The second kappa shape index (κ2) is 4.94. The van der Waals surface area contributed by atoms with E-state index in [0.29, 0.717) is 12.1 Å². The van der Waals surface area contributed by atoms with Gasteiger partial charge >= 0.3 is 5.97 Å². The summed E-state index contributed by atoms with van der Waals surface area (Å²) in [6, 6.07) is 1.42. The smallest absolute Gasteiger partial charge is 0.352 e. The predicted molar refractivity (Wildman–Crippen MR) is 59.9 cm³/mol. The van der Waals surface area contributed by atoms with E-state index in [-0.39, 0.29) is 11.5 Å². The molecule has 0 atom stereocenters. The molecular formula is C11H16N2O3. The molecule has 0 fully saturated rings. The van der Waals surface area contributed by atoms with Crippen LogP contribution in [0.5, 0.6) is 0 Å². The number of aromatic carboxylic acids is 1. The van der Waals surface area contributed by atoms with Crippen molar-refractivity contribution in [3.8, 4) is 0 Å². The van der Waals surface area contributed by atoms with Gasteiger partial charge in [-0.1, -0.05) is 0 Å². The topological polar surface area (TPSA) is 62.5 Å². The summed E-state index contributed by atoms with van der Waals surface area (Å²) >= 11 is 0. The number of likely N-dealkylation sites (N-methyl/N-ethyl adjacent to an activating group) is 1. The van der Waals surface area contributed by atoms with Crippen LogP contribution in [0.4, 0.5) is 0 Å². The standard InChI is InChI=1S/C11H16N2O3/c1-8(14)9-6-10(11(15)16)13(7-9)5-4-12(2)3/h6-7H,4-5H2,1-3H3,(H,15,16). The molecule has 5 nitrogen and oxygen atoms in total. The van der Waals surface area contributed by atoms with Crippen molar-refractivity contribution in [2.75, 3.05) is 20.6 Å². The molecule has 1 aromatic rings. The Balaban J connectivity index is 2.96. The number of carboxylic acids is 1. The quantitative estimate of drug-likeness (QED) is 0.756. The van der Waals surface area contributed by atoms with Gasteiger partial charge in [-0.05, 0) is 27.1 Å². The maximum absolute atomic E-state index is 11.2. The highest BCUT2D eigenvalue weighted by molar-refractivity contribution is 5.97. The maximum Gasteiger partial charge on any atom is 0.352 e. The Labute approximate surface area is 94.3 Å². The van der Waals surface area contributed by atoms with Crippen LogP contribution >= 0.6 is 0 Å². The molecule has 0 aliphatic heterocycles. The zero-order chi connectivity index (χ0) is 12.3. The highest BCUT2D eigenvalue weighted by Crippen LogP contribution is 2.10. The van der Waals surface area contributed by atoms with E-state index in [1.165, 1.54) is 13.0 Å². The van der Waals surface area contributed by atoms with Crippen LogP contribution in [0, 0.1) is 0 Å². The number of carbonyl (C=O) groups excluding carboxylic acids is 1. The molecule has 0 unspecified atom stereocenters. The number of hydrogen-bond acceptors (Lipinski definition) is 3. The first-order chi connectivity index (χ1) is 7.41. The van der Waals surface area contributed by atoms with Crippen molar-refractivity contribution in [2.45, 2.75) is 13.5 Å². The van der Waals surface area contributed by atoms with Gasteiger partial charge in [-0.15, -0.1) is 0 Å². The number of hydrogen-bond donors (Lipinski definition) is 1. The second-order valence-electron chi connectivity index (χ2n) is 3.97. The fraction of sp³-hybridized carbons (Fsp3) is 0.455. The molecule has 1 heterocycles. The van der Waals surface area contributed by atoms with E-state index in [1.807, 2.05) is 19.0 Å². The minimum Gasteiger partial charge on any atom is -0.477 e. The van der Waals surface area contributed by atoms with E-state index in [2.05, 4.69) is 0 Å². The number of carbonyl (C=O) groups is 2. The third-order valence-corrected chi connectivity index (χ3v) is 2.31. The van der Waals surface area contributed by atoms with Gasteiger partial charge in [0.2, 0.25) is 0 Å². The average Bonchev–Trinajstić information content (AvgIpc) is 2.58. The molecule has 1 aromatic heterocycles. The van der Waals surface area contributed by atoms with Gasteiger partial charge in [0.15, 0.2) is 5.78 Å². The van der Waals surface area contributed by atoms with Crippen LogP contribution in [0.2, 0.25) is 0 Å². The van der Waals surface area contributed by atoms with E-state index in [0.717, 1.165) is 6.54 Å². The summed E-state index contributed by atoms with van der Waals surface area (Å²) in [7, 11) is 3.83. The number of carboxylic acid groups (broad SMARTS) is 1. The molecule has 0 aliphatic rings. The number of aromatic nitrogens is 1. The molecule has 5 heteroatoms. The van der Waals surface area contributed by atoms with Crippen molar-refractivity contribution in [1.29, 1.82) is 0 Å². The number of ketones is 1. The first kappa shape index (κ1) is 12.4. The van der Waals surface area contributed by atoms with Crippen molar-refractivity contribution >= 4 is 11.8 Å². The van der Waals surface area contributed by atoms with Gasteiger partial charge in [0, 0.05) is 24.8 Å². The highest BCUT2D eigenvalue weighted by atomic mass is 16.4. The minimum absolute atomic E-state index is 0.119. The Hall–Kier alpha value is -1.62. The summed E-state index contributed by atoms with van der Waals surface area (Å²) in [4.78, 5) is 24.1. The van der Waals surface area contributed by atoms with Gasteiger partial charge in [-0.2, -0.15) is 0 Å². The van der Waals surface area contributed by atoms with E-state index in [9.17, 15) is 9.59 Å². The molecule has 1 N–H and O–H groups in total. The summed E-state index contributed by atoms with van der Waals surface area (Å²) in [6.07, 6.45) is 1.59. The van der Waals surface area contributed by atoms with Gasteiger partial charge in [0.25, 0.3) is 0 Å². The zero-order valence-electron chi connectivity index (χ0n) is 9.73. The molecule has 0 aromatic carbocycles. The van der Waals surface area contributed by atoms with Crippen molar-refractivity contribution in [1.82, 2.24) is 9.47 Å². The van der Waals surface area contributed by atoms with Crippen LogP contribution in [-0.2, 0) is 6.54 Å². The normalized spacial score (nSPS) is 10.8. The lowest BCUT2D eigenvalue weighted by molar-refractivity contribution is 0.0684. The summed E-state index contributed by atoms with van der Waals surface area (Å²) < 4.78 is 1.60. The second-order valence-corrected chi connectivity index (χ2v) is 3.97. The van der Waals surface area contributed by atoms with E-state index in [1.54, 1.807) is 10.8 Å². The summed E-state index contributed by atoms with van der Waals surface area (Å²) in [5, 5.41) is 8.98. The van der Waals surface area contributed by atoms with Gasteiger partial charge in [-0.25, -0.2) is 4.79 Å². The van der Waals surface area contributed by atoms with Gasteiger partial charge < -0.3 is 14.6 Å². The molecule has 0 amide bonds. The fourth-order valence-electron chi connectivity index (χ4n) is 1.37.